The van der Waals surface area contributed by atoms with E-state index < -0.39 is 69.6 Å². The Morgan fingerprint density at radius 2 is 1.79 bits per heavy atom. The van der Waals surface area contributed by atoms with Crippen molar-refractivity contribution in [1.29, 1.82) is 0 Å². The van der Waals surface area contributed by atoms with E-state index in [1.807, 2.05) is 0 Å². The summed E-state index contributed by atoms with van der Waals surface area (Å²) in [6.45, 7) is -1.30. The van der Waals surface area contributed by atoms with Crippen LogP contribution in [0.2, 0.25) is 0 Å². The molecule has 0 spiro atoms. The van der Waals surface area contributed by atoms with E-state index >= 15 is 0 Å². The first kappa shape index (κ1) is 34.3. The Labute approximate surface area is 192 Å². The lowest BCUT2D eigenvalue weighted by Crippen LogP contribution is -2.39. The Bertz CT molecular complexity index is 839. The van der Waals surface area contributed by atoms with Gasteiger partial charge < -0.3 is 68.0 Å². The van der Waals surface area contributed by atoms with Crippen molar-refractivity contribution in [3.8, 4) is 0 Å². The molecular formula is C15H32N5O13P. The molecule has 200 valence electrons. The molecule has 1 aromatic heterocycles. The van der Waals surface area contributed by atoms with Gasteiger partial charge in [0.15, 0.2) is 6.23 Å². The van der Waals surface area contributed by atoms with Gasteiger partial charge in [0.05, 0.1) is 19.3 Å². The lowest BCUT2D eigenvalue weighted by Gasteiger charge is -2.19. The Morgan fingerprint density at radius 3 is 2.26 bits per heavy atom. The minimum atomic E-state index is -4.74. The number of aliphatic hydroxyl groups is 6. The first-order valence-electron chi connectivity index (χ1n) is 8.97. The third-order valence-corrected chi connectivity index (χ3v) is 4.67. The molecule has 16 N–H and O–H groups in total. The zero-order chi connectivity index (χ0) is 24.6. The minimum Gasteiger partial charge on any atom is -0.394 e. The number of nitrogens with two attached hydrogens (primary N) is 1. The normalized spacial score (nSPS) is 24.5. The van der Waals surface area contributed by atoms with Crippen LogP contribution in [-0.4, -0.2) is 106 Å². The van der Waals surface area contributed by atoms with Crippen LogP contribution in [0.3, 0.4) is 0 Å². The molecule has 0 saturated carbocycles. The van der Waals surface area contributed by atoms with Gasteiger partial charge in [-0.3, -0.25) is 9.09 Å². The smallest absolute Gasteiger partial charge is 0.394 e. The summed E-state index contributed by atoms with van der Waals surface area (Å²) in [5.41, 5.74) is 4.52. The molecule has 34 heavy (non-hydrogen) atoms. The number of aldehydes is 1. The number of aromatic nitrogens is 2. The van der Waals surface area contributed by atoms with Gasteiger partial charge in [0.25, 0.3) is 0 Å². The van der Waals surface area contributed by atoms with Gasteiger partial charge in [0, 0.05) is 12.6 Å². The summed E-state index contributed by atoms with van der Waals surface area (Å²) < 4.78 is 20.9. The molecule has 0 aromatic carbocycles. The second kappa shape index (κ2) is 15.2. The van der Waals surface area contributed by atoms with Gasteiger partial charge in [-0.05, 0) is 6.07 Å². The summed E-state index contributed by atoms with van der Waals surface area (Å²) in [4.78, 5) is 42.1. The number of carbonyl (C=O) groups excluding carboxylic acids is 1. The van der Waals surface area contributed by atoms with E-state index in [0.717, 1.165) is 4.57 Å². The van der Waals surface area contributed by atoms with Crippen LogP contribution >= 0.6 is 7.82 Å². The molecule has 0 bridgehead atoms. The molecular weight excluding hydrogens is 489 g/mol. The van der Waals surface area contributed by atoms with Crippen molar-refractivity contribution in [2.75, 3.05) is 18.9 Å². The number of hydrogen-bond donors (Lipinski definition) is 11. The van der Waals surface area contributed by atoms with Crippen molar-refractivity contribution in [3.63, 3.8) is 0 Å². The molecule has 3 unspecified atom stereocenters. The number of ether oxygens (including phenoxy) is 1. The van der Waals surface area contributed by atoms with Gasteiger partial charge in [-0.1, -0.05) is 0 Å². The summed E-state index contributed by atoms with van der Waals surface area (Å²) in [5, 5.41) is 54.4. The fraction of sp³-hybridized carbons (Fsp3) is 0.667. The highest BCUT2D eigenvalue weighted by Gasteiger charge is 2.45. The number of aliphatic hydroxyl groups excluding tert-OH is 6. The quantitative estimate of drug-likeness (QED) is 0.108. The van der Waals surface area contributed by atoms with Crippen LogP contribution in [0.4, 0.5) is 5.82 Å². The first-order valence-corrected chi connectivity index (χ1v) is 10.5. The lowest BCUT2D eigenvalue weighted by molar-refractivity contribution is -0.115. The molecule has 1 fully saturated rings. The number of nitrogen functional groups attached to an aromatic ring is 1. The number of phosphoric acid groups is 1. The van der Waals surface area contributed by atoms with Gasteiger partial charge in [0.1, 0.15) is 42.6 Å². The maximum Gasteiger partial charge on any atom is 0.469 e. The first-order chi connectivity index (χ1) is 14.8. The summed E-state index contributed by atoms with van der Waals surface area (Å²) in [6.07, 6.45) is -8.27. The molecule has 0 amide bonds. The van der Waals surface area contributed by atoms with Gasteiger partial charge >= 0.3 is 13.5 Å². The predicted molar refractivity (Wildman–Crippen MR) is 113 cm³/mol. The molecule has 18 nitrogen and oxygen atoms in total. The number of rotatable bonds is 9. The number of anilines is 1. The van der Waals surface area contributed by atoms with Crippen molar-refractivity contribution in [1.82, 2.24) is 21.9 Å². The minimum absolute atomic E-state index is 0. The van der Waals surface area contributed by atoms with E-state index in [0.29, 0.717) is 6.29 Å². The predicted octanol–water partition coefficient (Wildman–Crippen LogP) is -4.47. The molecule has 7 atom stereocenters. The van der Waals surface area contributed by atoms with Crippen LogP contribution in [0.5, 0.6) is 0 Å². The maximum absolute atomic E-state index is 11.6. The van der Waals surface area contributed by atoms with Crippen LogP contribution in [0.25, 0.3) is 0 Å². The van der Waals surface area contributed by atoms with Crippen molar-refractivity contribution in [2.45, 2.75) is 49.3 Å². The third-order valence-electron chi connectivity index (χ3n) is 4.18. The zero-order valence-electron chi connectivity index (χ0n) is 17.8. The Morgan fingerprint density at radius 1 is 1.21 bits per heavy atom. The molecule has 0 aliphatic carbocycles. The second-order valence-electron chi connectivity index (χ2n) is 6.59. The van der Waals surface area contributed by atoms with Gasteiger partial charge in [0.2, 0.25) is 0 Å². The van der Waals surface area contributed by atoms with Crippen LogP contribution in [-0.2, 0) is 18.6 Å². The molecule has 1 aliphatic rings. The number of carbonyl (C=O) groups is 1. The summed E-state index contributed by atoms with van der Waals surface area (Å²) >= 11 is 0. The fourth-order valence-corrected chi connectivity index (χ4v) is 2.83. The van der Waals surface area contributed by atoms with Gasteiger partial charge in [-0.2, -0.15) is 4.98 Å². The van der Waals surface area contributed by atoms with Crippen molar-refractivity contribution < 1.29 is 59.0 Å². The van der Waals surface area contributed by atoms with E-state index in [2.05, 4.69) is 9.51 Å². The molecule has 1 aromatic rings. The zero-order valence-corrected chi connectivity index (χ0v) is 18.7. The molecule has 0 radical (unpaired) electrons. The van der Waals surface area contributed by atoms with Crippen LogP contribution in [0.1, 0.15) is 12.6 Å². The average Bonchev–Trinajstić information content (AvgIpc) is 2.99. The lowest BCUT2D eigenvalue weighted by atomic mass is 10.1. The van der Waals surface area contributed by atoms with Gasteiger partial charge in [-0.15, -0.1) is 0 Å². The number of phosphoric ester groups is 1. The van der Waals surface area contributed by atoms with Crippen molar-refractivity contribution in [3.05, 3.63) is 22.7 Å². The summed E-state index contributed by atoms with van der Waals surface area (Å²) in [5.74, 6) is -0.0225. The third kappa shape index (κ3) is 10.2. The van der Waals surface area contributed by atoms with Gasteiger partial charge in [-0.25, -0.2) is 9.36 Å². The molecule has 2 heterocycles. The largest absolute Gasteiger partial charge is 0.469 e. The molecule has 19 heteroatoms. The van der Waals surface area contributed by atoms with Crippen LogP contribution < -0.4 is 23.7 Å². The SMILES string of the molecule is N.N.Nc1ccn([C@@H]2O[C@H](COP(=O)(O)O)[C@@H](O)[C@H]2O)c(=O)n1.O=CCC(O)C(O)C(O)CO. The standard InChI is InChI=1S/C9H14N3O8P.C6H12O5.2H3N/c10-5-1-2-12(9(15)11-5)8-7(14)6(13)4(20-8)3-19-21(16,17)18;7-2-1-4(9)6(11)5(10)3-8;;/h1-2,4,6-8,13-14H,3H2,(H2,10,11,15)(H2,16,17,18);2,4-6,8-11H,1,3H2;2*1H3/t4-,6-,7-,8-;;;/m1.../s1. The Balaban J connectivity index is 0. The van der Waals surface area contributed by atoms with E-state index in [-0.39, 0.29) is 24.5 Å². The van der Waals surface area contributed by atoms with Crippen LogP contribution in [0.15, 0.2) is 17.1 Å². The molecule has 1 saturated heterocycles. The molecule has 1 aliphatic heterocycles. The monoisotopic (exact) mass is 521 g/mol. The highest BCUT2D eigenvalue weighted by atomic mass is 31.2. The topological polar surface area (TPSA) is 345 Å². The molecule has 2 rings (SSSR count). The number of nitrogens with zero attached hydrogens (tertiary/aromatic N) is 2. The van der Waals surface area contributed by atoms with E-state index in [4.69, 9.17) is 40.7 Å². The maximum atomic E-state index is 11.6. The Kier molecular flexibility index (Phi) is 15.3. The summed E-state index contributed by atoms with van der Waals surface area (Å²) in [6, 6.07) is 1.29. The van der Waals surface area contributed by atoms with Crippen molar-refractivity contribution in [2.24, 2.45) is 0 Å². The van der Waals surface area contributed by atoms with E-state index in [1.165, 1.54) is 12.3 Å². The second-order valence-corrected chi connectivity index (χ2v) is 7.82. The highest BCUT2D eigenvalue weighted by Crippen LogP contribution is 2.38. The fourth-order valence-electron chi connectivity index (χ4n) is 2.49. The number of hydrogen-bond acceptors (Lipinski definition) is 15. The summed E-state index contributed by atoms with van der Waals surface area (Å²) in [7, 11) is -4.74. The van der Waals surface area contributed by atoms with Crippen LogP contribution in [0, 0.1) is 0 Å². The Hall–Kier alpha value is -1.90. The average molecular weight is 521 g/mol. The van der Waals surface area contributed by atoms with E-state index in [1.54, 1.807) is 0 Å². The highest BCUT2D eigenvalue weighted by molar-refractivity contribution is 7.46. The van der Waals surface area contributed by atoms with Crippen molar-refractivity contribution >= 4 is 19.9 Å². The van der Waals surface area contributed by atoms with E-state index in [9.17, 15) is 24.4 Å².